The van der Waals surface area contributed by atoms with Crippen molar-refractivity contribution in [3.05, 3.63) is 59.7 Å². The Hall–Kier alpha value is -0.690. The van der Waals surface area contributed by atoms with E-state index in [2.05, 4.69) is 55.5 Å². The van der Waals surface area contributed by atoms with Gasteiger partial charge in [-0.1, -0.05) is 55.5 Å². The third-order valence-corrected chi connectivity index (χ3v) is 3.48. The Labute approximate surface area is 122 Å². The Morgan fingerprint density at radius 3 is 2.41 bits per heavy atom. The van der Waals surface area contributed by atoms with Crippen molar-refractivity contribution in [2.45, 2.75) is 19.8 Å². The number of hydrogen-bond acceptors (Lipinski definition) is 0. The Morgan fingerprint density at radius 1 is 0.882 bits per heavy atom. The summed E-state index contributed by atoms with van der Waals surface area (Å²) < 4.78 is 0. The van der Waals surface area contributed by atoms with E-state index < -0.39 is 0 Å². The zero-order valence-electron chi connectivity index (χ0n) is 10.1. The Morgan fingerprint density at radius 2 is 1.65 bits per heavy atom. The van der Waals surface area contributed by atoms with Crippen LogP contribution in [0.25, 0.3) is 11.1 Å². The van der Waals surface area contributed by atoms with Crippen LogP contribution in [-0.4, -0.2) is 0 Å². The van der Waals surface area contributed by atoms with Crippen molar-refractivity contribution in [1.29, 1.82) is 0 Å². The molecule has 1 heteroatoms. The number of hydrogen-bond donors (Lipinski definition) is 0. The van der Waals surface area contributed by atoms with Crippen molar-refractivity contribution < 1.29 is 25.8 Å². The summed E-state index contributed by atoms with van der Waals surface area (Å²) in [4.78, 5) is 0. The van der Waals surface area contributed by atoms with Crippen molar-refractivity contribution >= 4 is 0 Å². The molecule has 0 saturated carbocycles. The van der Waals surface area contributed by atoms with Crippen LogP contribution in [0.4, 0.5) is 0 Å². The predicted octanol–water partition coefficient (Wildman–Crippen LogP) is 4.09. The first kappa shape index (κ1) is 12.8. The standard InChI is InChI=1S/C16H16.Hf/c1-12-10-14-8-5-9-15(16(14)11-12)13-6-3-2-4-7-13;/h2-9,12H,10-11H2,1H3;. The molecular weight excluding hydrogens is 371 g/mol. The summed E-state index contributed by atoms with van der Waals surface area (Å²) in [5, 5.41) is 0. The molecule has 84 valence electrons. The van der Waals surface area contributed by atoms with E-state index in [1.165, 1.54) is 24.0 Å². The maximum atomic E-state index is 2.34. The fourth-order valence-corrected chi connectivity index (χ4v) is 2.75. The van der Waals surface area contributed by atoms with Crippen molar-refractivity contribution in [3.63, 3.8) is 0 Å². The Bertz CT molecular complexity index is 502. The molecule has 0 N–H and O–H groups in total. The minimum Gasteiger partial charge on any atom is -0.0622 e. The van der Waals surface area contributed by atoms with Gasteiger partial charge in [0.2, 0.25) is 0 Å². The second-order valence-electron chi connectivity index (χ2n) is 4.82. The van der Waals surface area contributed by atoms with Crippen molar-refractivity contribution in [2.24, 2.45) is 5.92 Å². The van der Waals surface area contributed by atoms with Gasteiger partial charge in [-0.15, -0.1) is 0 Å². The molecule has 0 bridgehead atoms. The maximum Gasteiger partial charge on any atom is 0 e. The number of fused-ring (bicyclic) bond motifs is 1. The van der Waals surface area contributed by atoms with Gasteiger partial charge in [-0.05, 0) is 41.0 Å². The van der Waals surface area contributed by atoms with E-state index in [-0.39, 0.29) is 25.8 Å². The SMILES string of the molecule is CC1Cc2cccc(-c3ccccc3)c2C1.[Hf]. The molecule has 0 aromatic heterocycles. The van der Waals surface area contributed by atoms with E-state index in [1.807, 2.05) is 0 Å². The summed E-state index contributed by atoms with van der Waals surface area (Å²) in [6, 6.07) is 17.5. The smallest absolute Gasteiger partial charge is 0 e. The molecular formula is C16H16Hf. The molecule has 0 radical (unpaired) electrons. The van der Waals surface area contributed by atoms with Gasteiger partial charge in [0.15, 0.2) is 0 Å². The van der Waals surface area contributed by atoms with Crippen LogP contribution in [0.2, 0.25) is 0 Å². The van der Waals surface area contributed by atoms with E-state index >= 15 is 0 Å². The molecule has 1 unspecified atom stereocenters. The van der Waals surface area contributed by atoms with E-state index in [0.29, 0.717) is 0 Å². The average molecular weight is 387 g/mol. The third kappa shape index (κ3) is 2.44. The van der Waals surface area contributed by atoms with Crippen LogP contribution < -0.4 is 0 Å². The minimum absolute atomic E-state index is 0. The van der Waals surface area contributed by atoms with Gasteiger partial charge in [0.1, 0.15) is 0 Å². The van der Waals surface area contributed by atoms with Crippen LogP contribution in [0.15, 0.2) is 48.5 Å². The van der Waals surface area contributed by atoms with Crippen molar-refractivity contribution in [2.75, 3.05) is 0 Å². The van der Waals surface area contributed by atoms with Gasteiger partial charge in [0, 0.05) is 25.8 Å². The van der Waals surface area contributed by atoms with Gasteiger partial charge in [-0.2, -0.15) is 0 Å². The topological polar surface area (TPSA) is 0 Å². The van der Waals surface area contributed by atoms with Crippen LogP contribution in [0, 0.1) is 5.92 Å². The normalized spacial score (nSPS) is 17.4. The zero-order chi connectivity index (χ0) is 11.0. The van der Waals surface area contributed by atoms with E-state index in [0.717, 1.165) is 5.92 Å². The molecule has 0 amide bonds. The van der Waals surface area contributed by atoms with Gasteiger partial charge in [-0.3, -0.25) is 0 Å². The van der Waals surface area contributed by atoms with Crippen molar-refractivity contribution in [3.8, 4) is 11.1 Å². The molecule has 0 nitrogen and oxygen atoms in total. The van der Waals surface area contributed by atoms with Crippen LogP contribution in [0.5, 0.6) is 0 Å². The Kier molecular flexibility index (Phi) is 3.98. The molecule has 2 aromatic rings. The second kappa shape index (κ2) is 5.31. The summed E-state index contributed by atoms with van der Waals surface area (Å²) in [6.07, 6.45) is 2.48. The fraction of sp³-hybridized carbons (Fsp3) is 0.250. The fourth-order valence-electron chi connectivity index (χ4n) is 2.75. The molecule has 1 aliphatic rings. The molecule has 0 aliphatic heterocycles. The number of benzene rings is 2. The van der Waals surface area contributed by atoms with Crippen LogP contribution >= 0.6 is 0 Å². The molecule has 0 spiro atoms. The quantitative estimate of drug-likeness (QED) is 0.648. The van der Waals surface area contributed by atoms with Crippen LogP contribution in [0.3, 0.4) is 0 Å². The first-order valence-corrected chi connectivity index (χ1v) is 6.01. The predicted molar refractivity (Wildman–Crippen MR) is 68.5 cm³/mol. The largest absolute Gasteiger partial charge is 0.0622 e. The van der Waals surface area contributed by atoms with Gasteiger partial charge in [-0.25, -0.2) is 0 Å². The average Bonchev–Trinajstić information content (AvgIpc) is 2.70. The minimum atomic E-state index is 0. The van der Waals surface area contributed by atoms with E-state index in [1.54, 1.807) is 11.1 Å². The number of rotatable bonds is 1. The molecule has 0 heterocycles. The van der Waals surface area contributed by atoms with Gasteiger partial charge < -0.3 is 0 Å². The summed E-state index contributed by atoms with van der Waals surface area (Å²) in [5.74, 6) is 0.805. The zero-order valence-corrected chi connectivity index (χ0v) is 13.7. The first-order chi connectivity index (χ1) is 7.84. The summed E-state index contributed by atoms with van der Waals surface area (Å²) in [7, 11) is 0. The molecule has 3 rings (SSSR count). The van der Waals surface area contributed by atoms with Gasteiger partial charge in [0.25, 0.3) is 0 Å². The summed E-state index contributed by atoms with van der Waals surface area (Å²) in [5.41, 5.74) is 5.91. The second-order valence-corrected chi connectivity index (χ2v) is 4.82. The molecule has 1 aliphatic carbocycles. The molecule has 17 heavy (non-hydrogen) atoms. The molecule has 0 saturated heterocycles. The first-order valence-electron chi connectivity index (χ1n) is 6.01. The van der Waals surface area contributed by atoms with Crippen LogP contribution in [0.1, 0.15) is 18.1 Å². The van der Waals surface area contributed by atoms with Crippen molar-refractivity contribution in [1.82, 2.24) is 0 Å². The van der Waals surface area contributed by atoms with E-state index in [4.69, 9.17) is 0 Å². The monoisotopic (exact) mass is 388 g/mol. The summed E-state index contributed by atoms with van der Waals surface area (Å²) >= 11 is 0. The summed E-state index contributed by atoms with van der Waals surface area (Å²) in [6.45, 7) is 2.34. The maximum absolute atomic E-state index is 2.34. The third-order valence-electron chi connectivity index (χ3n) is 3.48. The van der Waals surface area contributed by atoms with Gasteiger partial charge in [0.05, 0.1) is 0 Å². The van der Waals surface area contributed by atoms with Gasteiger partial charge >= 0.3 is 0 Å². The molecule has 0 fully saturated rings. The van der Waals surface area contributed by atoms with Crippen LogP contribution in [-0.2, 0) is 38.7 Å². The van der Waals surface area contributed by atoms with E-state index in [9.17, 15) is 0 Å². The molecule has 1 atom stereocenters. The Balaban J connectivity index is 0.00000108. The molecule has 2 aromatic carbocycles.